The van der Waals surface area contributed by atoms with Gasteiger partial charge in [-0.3, -0.25) is 0 Å². The number of aromatic amines is 1. The van der Waals surface area contributed by atoms with E-state index in [1.807, 2.05) is 13.0 Å². The highest BCUT2D eigenvalue weighted by atomic mass is 15.0. The third-order valence-corrected chi connectivity index (χ3v) is 3.21. The largest absolute Gasteiger partial charge is 0.343 e. The van der Waals surface area contributed by atoms with E-state index in [1.165, 1.54) is 5.56 Å². The zero-order valence-corrected chi connectivity index (χ0v) is 11.1. The molecule has 0 aliphatic rings. The number of hydrogen-bond acceptors (Lipinski definition) is 3. The Kier molecular flexibility index (Phi) is 2.91. The number of hydrogen-bond donors (Lipinski definition) is 2. The number of para-hydroxylation sites is 1. The fourth-order valence-electron chi connectivity index (χ4n) is 2.25. The van der Waals surface area contributed by atoms with Crippen LogP contribution in [0.4, 0.5) is 11.5 Å². The van der Waals surface area contributed by atoms with Gasteiger partial charge in [0.2, 0.25) is 0 Å². The second kappa shape index (κ2) is 4.72. The van der Waals surface area contributed by atoms with Crippen LogP contribution in [0.25, 0.3) is 11.0 Å². The van der Waals surface area contributed by atoms with Crippen molar-refractivity contribution >= 4 is 22.5 Å². The lowest BCUT2D eigenvalue weighted by molar-refractivity contribution is 1.13. The van der Waals surface area contributed by atoms with E-state index in [1.54, 1.807) is 6.33 Å². The minimum Gasteiger partial charge on any atom is -0.343 e. The molecular formula is C15H16N4. The Hall–Kier alpha value is -2.36. The van der Waals surface area contributed by atoms with Crippen molar-refractivity contribution in [2.75, 3.05) is 5.32 Å². The van der Waals surface area contributed by atoms with E-state index in [0.29, 0.717) is 0 Å². The van der Waals surface area contributed by atoms with Crippen LogP contribution in [0.15, 0.2) is 36.7 Å². The molecule has 0 unspecified atom stereocenters. The van der Waals surface area contributed by atoms with Crippen molar-refractivity contribution in [1.29, 1.82) is 0 Å². The third kappa shape index (κ3) is 2.17. The average molecular weight is 252 g/mol. The first-order valence-electron chi connectivity index (χ1n) is 6.43. The number of fused-ring (bicyclic) bond motifs is 1. The van der Waals surface area contributed by atoms with Crippen LogP contribution in [0.2, 0.25) is 0 Å². The molecule has 0 aliphatic carbocycles. The van der Waals surface area contributed by atoms with Gasteiger partial charge in [-0.2, -0.15) is 0 Å². The first-order valence-corrected chi connectivity index (χ1v) is 6.43. The maximum atomic E-state index is 4.35. The number of aromatic nitrogens is 3. The molecule has 0 aliphatic heterocycles. The van der Waals surface area contributed by atoms with Crippen molar-refractivity contribution in [3.8, 4) is 0 Å². The molecule has 0 saturated heterocycles. The fraction of sp³-hybridized carbons (Fsp3) is 0.200. The minimum atomic E-state index is 0.843. The van der Waals surface area contributed by atoms with E-state index < -0.39 is 0 Å². The number of benzene rings is 1. The summed E-state index contributed by atoms with van der Waals surface area (Å²) in [6, 6.07) is 10.4. The lowest BCUT2D eigenvalue weighted by Crippen LogP contribution is -1.98. The molecule has 19 heavy (non-hydrogen) atoms. The van der Waals surface area contributed by atoms with E-state index in [2.05, 4.69) is 51.5 Å². The van der Waals surface area contributed by atoms with Crippen molar-refractivity contribution in [3.05, 3.63) is 47.9 Å². The van der Waals surface area contributed by atoms with E-state index in [-0.39, 0.29) is 0 Å². The zero-order chi connectivity index (χ0) is 13.2. The molecule has 2 aromatic heterocycles. The monoisotopic (exact) mass is 252 g/mol. The summed E-state index contributed by atoms with van der Waals surface area (Å²) >= 11 is 0. The van der Waals surface area contributed by atoms with Crippen molar-refractivity contribution < 1.29 is 0 Å². The quantitative estimate of drug-likeness (QED) is 0.749. The van der Waals surface area contributed by atoms with E-state index >= 15 is 0 Å². The van der Waals surface area contributed by atoms with Gasteiger partial charge in [0.15, 0.2) is 0 Å². The summed E-state index contributed by atoms with van der Waals surface area (Å²) in [6.45, 7) is 4.17. The average Bonchev–Trinajstić information content (AvgIpc) is 2.81. The summed E-state index contributed by atoms with van der Waals surface area (Å²) in [5.74, 6) is 0.843. The van der Waals surface area contributed by atoms with Gasteiger partial charge < -0.3 is 10.3 Å². The molecule has 4 heteroatoms. The molecule has 0 saturated carbocycles. The standard InChI is InChI=1S/C15H16N4/c1-3-11-6-4-5-7-13(11)19-15-12-8-10(2)18-14(12)16-9-17-15/h4-9H,3H2,1-2H3,(H2,16,17,18,19). The van der Waals surface area contributed by atoms with Gasteiger partial charge in [0.25, 0.3) is 0 Å². The molecule has 2 N–H and O–H groups in total. The van der Waals surface area contributed by atoms with Crippen LogP contribution in [0, 0.1) is 6.92 Å². The molecule has 0 radical (unpaired) electrons. The van der Waals surface area contributed by atoms with Crippen LogP contribution in [0.3, 0.4) is 0 Å². The molecular weight excluding hydrogens is 236 g/mol. The second-order valence-electron chi connectivity index (χ2n) is 4.57. The fourth-order valence-corrected chi connectivity index (χ4v) is 2.25. The Morgan fingerprint density at radius 1 is 1.21 bits per heavy atom. The Morgan fingerprint density at radius 3 is 2.89 bits per heavy atom. The number of nitrogens with one attached hydrogen (secondary N) is 2. The summed E-state index contributed by atoms with van der Waals surface area (Å²) < 4.78 is 0. The number of aryl methyl sites for hydroxylation is 2. The van der Waals surface area contributed by atoms with Gasteiger partial charge in [-0.15, -0.1) is 0 Å². The lowest BCUT2D eigenvalue weighted by Gasteiger charge is -2.10. The van der Waals surface area contributed by atoms with Crippen LogP contribution >= 0.6 is 0 Å². The van der Waals surface area contributed by atoms with E-state index in [0.717, 1.165) is 34.7 Å². The molecule has 0 spiro atoms. The Morgan fingerprint density at radius 2 is 2.05 bits per heavy atom. The smallest absolute Gasteiger partial charge is 0.143 e. The summed E-state index contributed by atoms with van der Waals surface area (Å²) in [5, 5.41) is 4.43. The molecule has 0 amide bonds. The van der Waals surface area contributed by atoms with Crippen molar-refractivity contribution in [1.82, 2.24) is 15.0 Å². The molecule has 1 aromatic carbocycles. The Bertz CT molecular complexity index is 715. The molecule has 0 fully saturated rings. The maximum absolute atomic E-state index is 4.35. The first-order chi connectivity index (χ1) is 9.28. The van der Waals surface area contributed by atoms with E-state index in [4.69, 9.17) is 0 Å². The summed E-state index contributed by atoms with van der Waals surface area (Å²) in [5.41, 5.74) is 4.33. The molecule has 0 atom stereocenters. The molecule has 2 heterocycles. The summed E-state index contributed by atoms with van der Waals surface area (Å²) in [7, 11) is 0. The summed E-state index contributed by atoms with van der Waals surface area (Å²) in [6.07, 6.45) is 2.57. The minimum absolute atomic E-state index is 0.843. The predicted octanol–water partition coefficient (Wildman–Crippen LogP) is 3.57. The van der Waals surface area contributed by atoms with Gasteiger partial charge in [0.05, 0.1) is 5.39 Å². The topological polar surface area (TPSA) is 53.6 Å². The van der Waals surface area contributed by atoms with Gasteiger partial charge >= 0.3 is 0 Å². The normalized spacial score (nSPS) is 10.8. The van der Waals surface area contributed by atoms with Crippen LogP contribution < -0.4 is 5.32 Å². The van der Waals surface area contributed by atoms with Gasteiger partial charge in [0, 0.05) is 11.4 Å². The lowest BCUT2D eigenvalue weighted by atomic mass is 10.1. The molecule has 3 aromatic rings. The van der Waals surface area contributed by atoms with Crippen LogP contribution in [-0.4, -0.2) is 15.0 Å². The molecule has 96 valence electrons. The Labute approximate surface area is 111 Å². The number of rotatable bonds is 3. The van der Waals surface area contributed by atoms with Gasteiger partial charge in [-0.05, 0) is 31.0 Å². The van der Waals surface area contributed by atoms with Crippen molar-refractivity contribution in [2.24, 2.45) is 0 Å². The summed E-state index contributed by atoms with van der Waals surface area (Å²) in [4.78, 5) is 11.8. The van der Waals surface area contributed by atoms with Crippen LogP contribution in [0.5, 0.6) is 0 Å². The third-order valence-electron chi connectivity index (χ3n) is 3.21. The molecule has 0 bridgehead atoms. The van der Waals surface area contributed by atoms with Crippen molar-refractivity contribution in [3.63, 3.8) is 0 Å². The Balaban J connectivity index is 2.05. The van der Waals surface area contributed by atoms with Gasteiger partial charge in [-0.25, -0.2) is 9.97 Å². The highest BCUT2D eigenvalue weighted by Gasteiger charge is 2.07. The van der Waals surface area contributed by atoms with Gasteiger partial charge in [-0.1, -0.05) is 25.1 Å². The number of anilines is 2. The molecule has 4 nitrogen and oxygen atoms in total. The number of H-pyrrole nitrogens is 1. The van der Waals surface area contributed by atoms with E-state index in [9.17, 15) is 0 Å². The highest BCUT2D eigenvalue weighted by Crippen LogP contribution is 2.25. The van der Waals surface area contributed by atoms with Crippen LogP contribution in [0.1, 0.15) is 18.2 Å². The molecule has 3 rings (SSSR count). The first kappa shape index (κ1) is 11.7. The predicted molar refractivity (Wildman–Crippen MR) is 77.7 cm³/mol. The SMILES string of the molecule is CCc1ccccc1Nc1ncnc2[nH]c(C)cc12. The number of nitrogens with zero attached hydrogens (tertiary/aromatic N) is 2. The highest BCUT2D eigenvalue weighted by molar-refractivity contribution is 5.89. The second-order valence-corrected chi connectivity index (χ2v) is 4.57. The maximum Gasteiger partial charge on any atom is 0.143 e. The van der Waals surface area contributed by atoms with Gasteiger partial charge in [0.1, 0.15) is 17.8 Å². The zero-order valence-electron chi connectivity index (χ0n) is 11.1. The van der Waals surface area contributed by atoms with Crippen molar-refractivity contribution in [2.45, 2.75) is 20.3 Å². The van der Waals surface area contributed by atoms with Crippen LogP contribution in [-0.2, 0) is 6.42 Å².